The van der Waals surface area contributed by atoms with Crippen LogP contribution in [0.1, 0.15) is 28.3 Å². The number of hydrogen-bond acceptors (Lipinski definition) is 3. The molecule has 1 atom stereocenters. The van der Waals surface area contributed by atoms with Gasteiger partial charge in [0.2, 0.25) is 0 Å². The van der Waals surface area contributed by atoms with Gasteiger partial charge in [-0.3, -0.25) is 4.79 Å². The van der Waals surface area contributed by atoms with Gasteiger partial charge in [-0.15, -0.1) is 11.8 Å². The molecule has 0 spiro atoms. The first-order valence-electron chi connectivity index (χ1n) is 12.9. The maximum atomic E-state index is 12.9. The molecule has 1 heterocycles. The fraction of sp³-hybridized carbons (Fsp3) is 0.147. The van der Waals surface area contributed by atoms with Crippen molar-refractivity contribution in [3.63, 3.8) is 0 Å². The molecule has 3 nitrogen and oxygen atoms in total. The molecule has 0 N–H and O–H groups in total. The van der Waals surface area contributed by atoms with Gasteiger partial charge in [0.15, 0.2) is 0 Å². The molecule has 0 aliphatic heterocycles. The number of aromatic nitrogens is 1. The van der Waals surface area contributed by atoms with Crippen molar-refractivity contribution < 1.29 is 4.74 Å². The van der Waals surface area contributed by atoms with Crippen LogP contribution >= 0.6 is 11.8 Å². The fourth-order valence-electron chi connectivity index (χ4n) is 4.83. The SMILES string of the molecule is O=c1ccccn1[C@@H](COCc1ccccc1)CSC(c1ccccc1)(c1ccccc1)c1ccccc1. The van der Waals surface area contributed by atoms with E-state index in [1.807, 2.05) is 46.8 Å². The Morgan fingerprint density at radius 3 is 1.61 bits per heavy atom. The summed E-state index contributed by atoms with van der Waals surface area (Å²) in [5, 5.41) is 0. The molecule has 0 saturated heterocycles. The minimum atomic E-state index is -0.458. The minimum Gasteiger partial charge on any atom is -0.375 e. The molecule has 0 amide bonds. The van der Waals surface area contributed by atoms with Crippen molar-refractivity contribution in [2.75, 3.05) is 12.4 Å². The van der Waals surface area contributed by atoms with Gasteiger partial charge in [0.25, 0.3) is 5.56 Å². The predicted octanol–water partition coefficient (Wildman–Crippen LogP) is 7.33. The van der Waals surface area contributed by atoms with E-state index in [4.69, 9.17) is 4.74 Å². The van der Waals surface area contributed by atoms with E-state index in [1.54, 1.807) is 12.1 Å². The molecule has 0 unspecified atom stereocenters. The summed E-state index contributed by atoms with van der Waals surface area (Å²) in [6, 6.07) is 47.2. The van der Waals surface area contributed by atoms with E-state index in [-0.39, 0.29) is 11.6 Å². The maximum absolute atomic E-state index is 12.9. The van der Waals surface area contributed by atoms with Gasteiger partial charge in [-0.2, -0.15) is 0 Å². The maximum Gasteiger partial charge on any atom is 0.250 e. The predicted molar refractivity (Wildman–Crippen MR) is 158 cm³/mol. The van der Waals surface area contributed by atoms with E-state index in [0.717, 1.165) is 5.56 Å². The monoisotopic (exact) mass is 517 g/mol. The third-order valence-corrected chi connectivity index (χ3v) is 8.39. The second kappa shape index (κ2) is 12.6. The van der Waals surface area contributed by atoms with Gasteiger partial charge < -0.3 is 9.30 Å². The number of nitrogens with zero attached hydrogens (tertiary/aromatic N) is 1. The second-order valence-electron chi connectivity index (χ2n) is 9.19. The first kappa shape index (κ1) is 25.8. The lowest BCUT2D eigenvalue weighted by Crippen LogP contribution is -2.32. The Hall–Kier alpha value is -3.86. The van der Waals surface area contributed by atoms with Crippen molar-refractivity contribution in [2.45, 2.75) is 17.4 Å². The summed E-state index contributed by atoms with van der Waals surface area (Å²) in [6.07, 6.45) is 1.87. The molecule has 5 aromatic rings. The highest BCUT2D eigenvalue weighted by Gasteiger charge is 2.37. The molecule has 0 saturated carbocycles. The number of thioether (sulfide) groups is 1. The smallest absolute Gasteiger partial charge is 0.250 e. The third kappa shape index (κ3) is 5.83. The molecule has 190 valence electrons. The summed E-state index contributed by atoms with van der Waals surface area (Å²) >= 11 is 1.85. The zero-order valence-corrected chi connectivity index (χ0v) is 22.0. The van der Waals surface area contributed by atoms with Gasteiger partial charge in [0.05, 0.1) is 24.0 Å². The van der Waals surface area contributed by atoms with Crippen molar-refractivity contribution in [3.8, 4) is 0 Å². The molecule has 0 radical (unpaired) electrons. The highest BCUT2D eigenvalue weighted by molar-refractivity contribution is 8.00. The zero-order chi connectivity index (χ0) is 26.0. The topological polar surface area (TPSA) is 31.2 Å². The highest BCUT2D eigenvalue weighted by Crippen LogP contribution is 2.49. The molecular weight excluding hydrogens is 486 g/mol. The van der Waals surface area contributed by atoms with Gasteiger partial charge in [0.1, 0.15) is 0 Å². The number of hydrogen-bond donors (Lipinski definition) is 0. The Morgan fingerprint density at radius 2 is 1.11 bits per heavy atom. The van der Waals surface area contributed by atoms with Crippen LogP contribution in [0.4, 0.5) is 0 Å². The Labute approximate surface area is 228 Å². The minimum absolute atomic E-state index is 0.0221. The highest BCUT2D eigenvalue weighted by atomic mass is 32.2. The third-order valence-electron chi connectivity index (χ3n) is 6.70. The summed E-state index contributed by atoms with van der Waals surface area (Å²) < 4.78 is 7.55. The van der Waals surface area contributed by atoms with Crippen LogP contribution in [0.25, 0.3) is 0 Å². The number of benzene rings is 4. The Bertz CT molecular complexity index is 1360. The molecular formula is C34H31NO2S. The molecule has 4 aromatic carbocycles. The van der Waals surface area contributed by atoms with E-state index < -0.39 is 4.75 Å². The van der Waals surface area contributed by atoms with Gasteiger partial charge in [-0.05, 0) is 28.3 Å². The summed E-state index contributed by atoms with van der Waals surface area (Å²) in [5.41, 5.74) is 4.70. The van der Waals surface area contributed by atoms with Crippen molar-refractivity contribution in [3.05, 3.63) is 178 Å². The molecule has 0 bridgehead atoms. The van der Waals surface area contributed by atoms with Crippen molar-refractivity contribution in [1.29, 1.82) is 0 Å². The fourth-order valence-corrected chi connectivity index (χ4v) is 6.43. The summed E-state index contributed by atoms with van der Waals surface area (Å²) in [7, 11) is 0. The molecule has 38 heavy (non-hydrogen) atoms. The lowest BCUT2D eigenvalue weighted by Gasteiger charge is -2.36. The van der Waals surface area contributed by atoms with Crippen molar-refractivity contribution in [1.82, 2.24) is 4.57 Å². The summed E-state index contributed by atoms with van der Waals surface area (Å²) in [4.78, 5) is 12.9. The van der Waals surface area contributed by atoms with E-state index in [2.05, 4.69) is 103 Å². The number of ether oxygens (including phenoxy) is 1. The average molecular weight is 518 g/mol. The molecule has 0 aliphatic carbocycles. The van der Waals surface area contributed by atoms with Crippen molar-refractivity contribution >= 4 is 11.8 Å². The van der Waals surface area contributed by atoms with Crippen LogP contribution in [0.15, 0.2) is 151 Å². The van der Waals surface area contributed by atoms with Crippen LogP contribution in [-0.2, 0) is 16.1 Å². The quantitative estimate of drug-likeness (QED) is 0.172. The number of pyridine rings is 1. The second-order valence-corrected chi connectivity index (χ2v) is 10.4. The molecule has 1 aromatic heterocycles. The number of rotatable bonds is 11. The lowest BCUT2D eigenvalue weighted by molar-refractivity contribution is 0.0950. The first-order valence-corrected chi connectivity index (χ1v) is 13.9. The van der Waals surface area contributed by atoms with Crippen LogP contribution in [0, 0.1) is 0 Å². The molecule has 5 rings (SSSR count). The van der Waals surface area contributed by atoms with Gasteiger partial charge >= 0.3 is 0 Å². The Balaban J connectivity index is 1.52. The van der Waals surface area contributed by atoms with Crippen LogP contribution < -0.4 is 5.56 Å². The molecule has 0 fully saturated rings. The molecule has 0 aliphatic rings. The first-order chi connectivity index (χ1) is 18.8. The Morgan fingerprint density at radius 1 is 0.632 bits per heavy atom. The van der Waals surface area contributed by atoms with Crippen LogP contribution in [0.5, 0.6) is 0 Å². The van der Waals surface area contributed by atoms with E-state index in [9.17, 15) is 4.79 Å². The largest absolute Gasteiger partial charge is 0.375 e. The van der Waals surface area contributed by atoms with Gasteiger partial charge in [-0.25, -0.2) is 0 Å². The average Bonchev–Trinajstić information content (AvgIpc) is 2.99. The van der Waals surface area contributed by atoms with Gasteiger partial charge in [-0.1, -0.05) is 127 Å². The Kier molecular flexibility index (Phi) is 8.54. The van der Waals surface area contributed by atoms with Crippen LogP contribution in [0.3, 0.4) is 0 Å². The normalized spacial score (nSPS) is 12.2. The standard InChI is InChI=1S/C34H31NO2S/c36-33-23-13-14-24-35(33)32(26-37-25-28-15-5-1-6-16-28)27-38-34(29-17-7-2-8-18-29,30-19-9-3-10-20-30)31-21-11-4-12-22-31/h1-24,32H,25-27H2/t32-/m0/s1. The molecule has 4 heteroatoms. The lowest BCUT2D eigenvalue weighted by atomic mass is 9.84. The summed E-state index contributed by atoms with van der Waals surface area (Å²) in [6.45, 7) is 0.936. The zero-order valence-electron chi connectivity index (χ0n) is 21.2. The summed E-state index contributed by atoms with van der Waals surface area (Å²) in [5.74, 6) is 0.678. The van der Waals surface area contributed by atoms with Crippen molar-refractivity contribution in [2.24, 2.45) is 0 Å². The van der Waals surface area contributed by atoms with Crippen LogP contribution in [-0.4, -0.2) is 16.9 Å². The van der Waals surface area contributed by atoms with Crippen LogP contribution in [0.2, 0.25) is 0 Å². The van der Waals surface area contributed by atoms with E-state index >= 15 is 0 Å². The van der Waals surface area contributed by atoms with E-state index in [1.165, 1.54) is 16.7 Å². The van der Waals surface area contributed by atoms with E-state index in [0.29, 0.717) is 19.0 Å². The van der Waals surface area contributed by atoms with Gasteiger partial charge in [0, 0.05) is 18.0 Å².